The van der Waals surface area contributed by atoms with E-state index in [1.165, 1.54) is 30.4 Å². The van der Waals surface area contributed by atoms with Gasteiger partial charge >= 0.3 is 0 Å². The first-order chi connectivity index (χ1) is 16.7. The highest BCUT2D eigenvalue weighted by Gasteiger charge is 2.15. The Labute approximate surface area is 198 Å². The minimum atomic E-state index is -0.355. The molecule has 1 N–H and O–H groups in total. The van der Waals surface area contributed by atoms with Crippen LogP contribution < -0.4 is 11.0 Å². The van der Waals surface area contributed by atoms with E-state index < -0.39 is 0 Å². The van der Waals surface area contributed by atoms with Crippen LogP contribution in [0.3, 0.4) is 0 Å². The van der Waals surface area contributed by atoms with E-state index in [0.29, 0.717) is 38.2 Å². The topological polar surface area (TPSA) is 102 Å². The highest BCUT2D eigenvalue weighted by atomic mass is 32.2. The number of nitrogens with zero attached hydrogens (tertiary/aromatic N) is 4. The normalized spacial score (nSPS) is 11.2. The van der Waals surface area contributed by atoms with Crippen molar-refractivity contribution in [2.24, 2.45) is 5.10 Å². The third-order valence-corrected chi connectivity index (χ3v) is 5.73. The molecule has 9 heteroatoms. The van der Waals surface area contributed by atoms with Crippen molar-refractivity contribution in [3.63, 3.8) is 0 Å². The van der Waals surface area contributed by atoms with Crippen LogP contribution in [-0.4, -0.2) is 26.7 Å². The highest BCUT2D eigenvalue weighted by molar-refractivity contribution is 7.99. The third kappa shape index (κ3) is 4.50. The SMILES string of the molecule is O=C(N/N=C\c1ccc(Sc2nc3ccccc3c(=O)n2-c2ccccc2)o1)c1ccncc1. The number of hydrazone groups is 1. The Balaban J connectivity index is 1.41. The van der Waals surface area contributed by atoms with Gasteiger partial charge in [0, 0.05) is 18.0 Å². The van der Waals surface area contributed by atoms with Crippen LogP contribution in [-0.2, 0) is 0 Å². The van der Waals surface area contributed by atoms with Gasteiger partial charge in [-0.3, -0.25) is 19.1 Å². The molecular weight excluding hydrogens is 450 g/mol. The first-order valence-electron chi connectivity index (χ1n) is 10.3. The van der Waals surface area contributed by atoms with Crippen LogP contribution in [0.4, 0.5) is 0 Å². The zero-order chi connectivity index (χ0) is 23.3. The van der Waals surface area contributed by atoms with Crippen molar-refractivity contribution in [2.75, 3.05) is 0 Å². The molecule has 1 amide bonds. The Hall–Kier alpha value is -4.50. The fraction of sp³-hybridized carbons (Fsp3) is 0. The summed E-state index contributed by atoms with van der Waals surface area (Å²) in [5.74, 6) is 0.0824. The summed E-state index contributed by atoms with van der Waals surface area (Å²) in [7, 11) is 0. The van der Waals surface area contributed by atoms with Crippen LogP contribution in [0, 0.1) is 0 Å². The van der Waals surface area contributed by atoms with E-state index in [9.17, 15) is 9.59 Å². The van der Waals surface area contributed by atoms with E-state index in [1.54, 1.807) is 34.9 Å². The molecule has 3 aromatic heterocycles. The smallest absolute Gasteiger partial charge is 0.271 e. The zero-order valence-electron chi connectivity index (χ0n) is 17.7. The summed E-state index contributed by atoms with van der Waals surface area (Å²) < 4.78 is 7.38. The molecule has 0 aliphatic carbocycles. The minimum Gasteiger partial charge on any atom is -0.448 e. The molecule has 2 aromatic carbocycles. The molecule has 5 rings (SSSR count). The molecular formula is C25H17N5O3S. The third-order valence-electron chi connectivity index (χ3n) is 4.85. The maximum atomic E-state index is 13.3. The molecule has 166 valence electrons. The number of nitrogens with one attached hydrogen (secondary N) is 1. The second kappa shape index (κ2) is 9.55. The minimum absolute atomic E-state index is 0.161. The summed E-state index contributed by atoms with van der Waals surface area (Å²) in [6.45, 7) is 0. The number of aromatic nitrogens is 3. The van der Waals surface area contributed by atoms with Gasteiger partial charge in [-0.2, -0.15) is 5.10 Å². The second-order valence-corrected chi connectivity index (χ2v) is 8.05. The Bertz CT molecular complexity index is 1550. The number of hydrogen-bond donors (Lipinski definition) is 1. The van der Waals surface area contributed by atoms with Gasteiger partial charge in [0.25, 0.3) is 11.5 Å². The fourth-order valence-corrected chi connectivity index (χ4v) is 4.13. The van der Waals surface area contributed by atoms with Gasteiger partial charge in [0.15, 0.2) is 10.2 Å². The van der Waals surface area contributed by atoms with Gasteiger partial charge in [0.1, 0.15) is 5.76 Å². The molecule has 0 aliphatic heterocycles. The molecule has 3 heterocycles. The van der Waals surface area contributed by atoms with Crippen LogP contribution in [0.25, 0.3) is 16.6 Å². The van der Waals surface area contributed by atoms with Gasteiger partial charge in [0.05, 0.1) is 22.8 Å². The van der Waals surface area contributed by atoms with Gasteiger partial charge in [-0.1, -0.05) is 30.3 Å². The van der Waals surface area contributed by atoms with Crippen molar-refractivity contribution in [1.82, 2.24) is 20.0 Å². The molecule has 0 fully saturated rings. The Morgan fingerprint density at radius 1 is 0.971 bits per heavy atom. The molecule has 0 aliphatic rings. The van der Waals surface area contributed by atoms with E-state index in [1.807, 2.05) is 48.5 Å². The fourth-order valence-electron chi connectivity index (χ4n) is 3.26. The predicted molar refractivity (Wildman–Crippen MR) is 129 cm³/mol. The average molecular weight is 468 g/mol. The lowest BCUT2D eigenvalue weighted by Gasteiger charge is -2.12. The van der Waals surface area contributed by atoms with E-state index in [-0.39, 0.29) is 11.5 Å². The number of carbonyl (C=O) groups excluding carboxylic acids is 1. The molecule has 8 nitrogen and oxygen atoms in total. The second-order valence-electron chi connectivity index (χ2n) is 7.08. The Kier molecular flexibility index (Phi) is 6.00. The van der Waals surface area contributed by atoms with E-state index in [4.69, 9.17) is 9.40 Å². The van der Waals surface area contributed by atoms with E-state index in [2.05, 4.69) is 15.5 Å². The summed E-state index contributed by atoms with van der Waals surface area (Å²) in [4.78, 5) is 33.9. The monoisotopic (exact) mass is 467 g/mol. The van der Waals surface area contributed by atoms with Crippen LogP contribution in [0.1, 0.15) is 16.1 Å². The van der Waals surface area contributed by atoms with Crippen molar-refractivity contribution in [3.8, 4) is 5.69 Å². The van der Waals surface area contributed by atoms with Crippen molar-refractivity contribution >= 4 is 34.8 Å². The number of para-hydroxylation sites is 2. The summed E-state index contributed by atoms with van der Waals surface area (Å²) >= 11 is 1.22. The lowest BCUT2D eigenvalue weighted by molar-refractivity contribution is 0.0955. The summed E-state index contributed by atoms with van der Waals surface area (Å²) in [6.07, 6.45) is 4.47. The number of pyridine rings is 1. The number of benzene rings is 2. The summed E-state index contributed by atoms with van der Waals surface area (Å²) in [5.41, 5.74) is 4.04. The molecule has 0 bridgehead atoms. The molecule has 0 radical (unpaired) electrons. The average Bonchev–Trinajstić information content (AvgIpc) is 3.32. The van der Waals surface area contributed by atoms with Crippen LogP contribution in [0.2, 0.25) is 0 Å². The van der Waals surface area contributed by atoms with Crippen LogP contribution in [0.15, 0.2) is 116 Å². The highest BCUT2D eigenvalue weighted by Crippen LogP contribution is 2.29. The number of hydrogen-bond acceptors (Lipinski definition) is 7. The van der Waals surface area contributed by atoms with Crippen molar-refractivity contribution in [2.45, 2.75) is 10.2 Å². The number of furan rings is 1. The zero-order valence-corrected chi connectivity index (χ0v) is 18.5. The molecule has 0 unspecified atom stereocenters. The summed E-state index contributed by atoms with van der Waals surface area (Å²) in [6, 6.07) is 23.2. The van der Waals surface area contributed by atoms with Crippen LogP contribution in [0.5, 0.6) is 0 Å². The molecule has 0 saturated carbocycles. The maximum absolute atomic E-state index is 13.3. The van der Waals surface area contributed by atoms with Crippen molar-refractivity contribution in [1.29, 1.82) is 0 Å². The van der Waals surface area contributed by atoms with Crippen molar-refractivity contribution < 1.29 is 9.21 Å². The lowest BCUT2D eigenvalue weighted by atomic mass is 10.2. The summed E-state index contributed by atoms with van der Waals surface area (Å²) in [5, 5.41) is 5.47. The van der Waals surface area contributed by atoms with Gasteiger partial charge < -0.3 is 4.42 Å². The lowest BCUT2D eigenvalue weighted by Crippen LogP contribution is -2.21. The van der Waals surface area contributed by atoms with Gasteiger partial charge in [-0.15, -0.1) is 0 Å². The largest absolute Gasteiger partial charge is 0.448 e. The maximum Gasteiger partial charge on any atom is 0.271 e. The van der Waals surface area contributed by atoms with Crippen LogP contribution >= 0.6 is 11.8 Å². The quantitative estimate of drug-likeness (QED) is 0.227. The standard InChI is InChI=1S/C25H17N5O3S/c31-23(17-12-14-26-15-13-17)29-27-16-19-10-11-22(33-19)34-25-28-21-9-5-4-8-20(21)24(32)30(25)18-6-2-1-3-7-18/h1-16H,(H,29,31)/b27-16-. The first-order valence-corrected chi connectivity index (χ1v) is 11.1. The number of rotatable bonds is 6. The number of amides is 1. The molecule has 5 aromatic rings. The molecule has 0 saturated heterocycles. The van der Waals surface area contributed by atoms with Crippen molar-refractivity contribution in [3.05, 3.63) is 113 Å². The van der Waals surface area contributed by atoms with E-state index >= 15 is 0 Å². The first kappa shape index (κ1) is 21.4. The van der Waals surface area contributed by atoms with Gasteiger partial charge in [-0.25, -0.2) is 10.4 Å². The van der Waals surface area contributed by atoms with Gasteiger partial charge in [-0.05, 0) is 60.3 Å². The predicted octanol–water partition coefficient (Wildman–Crippen LogP) is 4.29. The Morgan fingerprint density at radius 3 is 2.56 bits per heavy atom. The molecule has 0 spiro atoms. The van der Waals surface area contributed by atoms with Gasteiger partial charge in [0.2, 0.25) is 0 Å². The molecule has 0 atom stereocenters. The Morgan fingerprint density at radius 2 is 1.74 bits per heavy atom. The molecule has 34 heavy (non-hydrogen) atoms. The number of fused-ring (bicyclic) bond motifs is 1. The number of carbonyl (C=O) groups is 1. The van der Waals surface area contributed by atoms with E-state index in [0.717, 1.165) is 0 Å².